The first kappa shape index (κ1) is 110. The molecule has 0 bridgehead atoms. The van der Waals surface area contributed by atoms with Crippen LogP contribution in [0.5, 0.6) is 0 Å². The van der Waals surface area contributed by atoms with Gasteiger partial charge in [0.2, 0.25) is 5.91 Å². The second-order valence-electron chi connectivity index (χ2n) is 25.0. The number of ether oxygens (including phenoxy) is 8. The van der Waals surface area contributed by atoms with E-state index in [-0.39, 0.29) is 6.42 Å². The summed E-state index contributed by atoms with van der Waals surface area (Å²) in [6, 6.07) is 0. The first-order valence-corrected chi connectivity index (χ1v) is 51.1. The Balaban J connectivity index is 2.08. The first-order chi connectivity index (χ1) is 54.5. The minimum Gasteiger partial charge on any atom is -0.356 e. The van der Waals surface area contributed by atoms with Crippen molar-refractivity contribution < 1.29 is 266 Å². The van der Waals surface area contributed by atoms with Gasteiger partial charge in [0.05, 0.1) is 33.0 Å². The molecule has 75 heteroatoms. The standard InChI is InChI=1S/C45H83NO61S13/c1-2-3-4-5-6-7-8-9-10-11-12-13-14-15-16-18-29(47)46-19-17-20-87-42-38(36(103-116(72,73)74)32(101-114(66,67)68)27(92-42)23-90-110(54,55)56)98-44-40(106-119(81,82)83)35(31(100-113(63,64)65)26(94-44)22-89-109(51,52)53)96-43-39(105-118(78,79)80)34(30(99-112(60,61)62)25(93-43)21-88-108(48,49)50)97-45-41(107-120(84,85)86)37(104-117(75,76)77)33(102-115(69,70)71)28(95-45)24-91-111(57,58)59/h25-28,30-45H,2-24H2,1H3,(H,46,47)(H,48,49,50)(H,51,52,53)(H,54,55,56)(H,57,58,59)(H,60,61,62)(H,63,64,65)(H,66,67,68)(H,69,70,71)(H,72,73,74)(H,75,76,77)(H,78,79,80)(H,81,82,83)(H,84,85,86). The molecule has 4 fully saturated rings. The highest BCUT2D eigenvalue weighted by Gasteiger charge is 2.63. The molecule has 0 aromatic carbocycles. The maximum atomic E-state index is 13.2. The van der Waals surface area contributed by atoms with Crippen LogP contribution in [0.15, 0.2) is 0 Å². The minimum atomic E-state index is -6.88. The quantitative estimate of drug-likeness (QED) is 0.0200. The lowest BCUT2D eigenvalue weighted by atomic mass is 9.95. The molecule has 0 aliphatic carbocycles. The largest absolute Gasteiger partial charge is 0.397 e. The van der Waals surface area contributed by atoms with Crippen LogP contribution in [-0.4, -0.2) is 337 Å². The van der Waals surface area contributed by atoms with Gasteiger partial charge in [-0.15, -0.1) is 0 Å². The SMILES string of the molecule is CCCCCCCCCCCCCCCCCC(=O)NCCCOC1OC(COS(=O)(=O)O)C(OS(=O)(=O)O)C(OS(=O)(=O)O)C1OC1OC(COS(=O)(=O)O)C(OS(=O)(=O)O)C(OC2OC(COS(=O)(=O)O)C(OS(=O)(=O)O)C(OC3OC(COS(=O)(=O)O)C(OS(=O)(=O)O)C(OS(=O)(=O)O)C3OS(=O)(=O)O)C2OS(=O)(=O)O)C1OS(=O)(=O)O. The Hall–Kier alpha value is -2.54. The summed E-state index contributed by atoms with van der Waals surface area (Å²) < 4.78 is 555. The summed E-state index contributed by atoms with van der Waals surface area (Å²) in [5, 5.41) is 2.45. The van der Waals surface area contributed by atoms with Gasteiger partial charge in [-0.05, 0) is 12.8 Å². The summed E-state index contributed by atoms with van der Waals surface area (Å²) >= 11 is 0. The molecule has 62 nitrogen and oxygen atoms in total. The van der Waals surface area contributed by atoms with Crippen LogP contribution in [0.3, 0.4) is 0 Å². The Bertz CT molecular complexity index is 4880. The third-order valence-electron chi connectivity index (χ3n) is 15.8. The van der Waals surface area contributed by atoms with E-state index in [9.17, 15) is 173 Å². The van der Waals surface area contributed by atoms with Crippen LogP contribution >= 0.6 is 0 Å². The van der Waals surface area contributed by atoms with Crippen molar-refractivity contribution in [2.45, 2.75) is 239 Å². The lowest BCUT2D eigenvalue weighted by Crippen LogP contribution is -2.70. The van der Waals surface area contributed by atoms with Crippen molar-refractivity contribution in [2.75, 3.05) is 39.6 Å². The van der Waals surface area contributed by atoms with Crippen LogP contribution < -0.4 is 5.32 Å². The van der Waals surface area contributed by atoms with Gasteiger partial charge in [-0.2, -0.15) is 109 Å². The molecule has 0 saturated carbocycles. The molecule has 4 aliphatic heterocycles. The average molecular weight is 2030 g/mol. The van der Waals surface area contributed by atoms with Gasteiger partial charge in [0.15, 0.2) is 43.5 Å². The van der Waals surface area contributed by atoms with Gasteiger partial charge >= 0.3 is 135 Å². The third-order valence-corrected chi connectivity index (χ3v) is 21.7. The van der Waals surface area contributed by atoms with E-state index in [0.717, 1.165) is 57.8 Å². The highest BCUT2D eigenvalue weighted by molar-refractivity contribution is 7.83. The smallest absolute Gasteiger partial charge is 0.356 e. The lowest BCUT2D eigenvalue weighted by molar-refractivity contribution is -0.383. The van der Waals surface area contributed by atoms with E-state index in [1.807, 2.05) is 0 Å². The lowest BCUT2D eigenvalue weighted by Gasteiger charge is -2.51. The van der Waals surface area contributed by atoms with E-state index in [1.165, 1.54) is 25.7 Å². The number of hydrogen-bond acceptors (Lipinski definition) is 48. The second kappa shape index (κ2) is 46.1. The zero-order chi connectivity index (χ0) is 91.4. The highest BCUT2D eigenvalue weighted by atomic mass is 32.3. The maximum Gasteiger partial charge on any atom is 0.397 e. The number of nitrogens with one attached hydrogen (secondary N) is 1. The van der Waals surface area contributed by atoms with Crippen molar-refractivity contribution >= 4 is 141 Å². The number of carbonyl (C=O) groups excluding carboxylic acids is 1. The molecule has 14 N–H and O–H groups in total. The van der Waals surface area contributed by atoms with Crippen LogP contribution in [0.4, 0.5) is 0 Å². The predicted molar refractivity (Wildman–Crippen MR) is 370 cm³/mol. The highest BCUT2D eigenvalue weighted by Crippen LogP contribution is 2.42. The summed E-state index contributed by atoms with van der Waals surface area (Å²) in [7, 11) is -83.9. The van der Waals surface area contributed by atoms with Gasteiger partial charge < -0.3 is 43.2 Å². The molecule has 0 radical (unpaired) electrons. The van der Waals surface area contributed by atoms with E-state index in [4.69, 9.17) is 37.9 Å². The molecule has 120 heavy (non-hydrogen) atoms. The van der Waals surface area contributed by atoms with Crippen molar-refractivity contribution in [3.05, 3.63) is 0 Å². The van der Waals surface area contributed by atoms with Crippen LogP contribution in [0.25, 0.3) is 0 Å². The summed E-state index contributed by atoms with van der Waals surface area (Å²) in [5.74, 6) is -0.621. The molecule has 20 atom stereocenters. The van der Waals surface area contributed by atoms with Crippen molar-refractivity contribution in [1.82, 2.24) is 5.32 Å². The number of carbonyl (C=O) groups is 1. The second-order valence-corrected chi connectivity index (χ2v) is 38.8. The molecule has 0 aromatic heterocycles. The topological polar surface area (TPSA) is 930 Å². The summed E-state index contributed by atoms with van der Waals surface area (Å²) in [5.41, 5.74) is 0. The molecule has 712 valence electrons. The van der Waals surface area contributed by atoms with Crippen LogP contribution in [-0.2, 0) is 232 Å². The van der Waals surface area contributed by atoms with E-state index >= 15 is 0 Å². The Labute approximate surface area is 686 Å². The fourth-order valence-electron chi connectivity index (χ4n) is 11.5. The van der Waals surface area contributed by atoms with Crippen LogP contribution in [0, 0.1) is 0 Å². The molecule has 1 amide bonds. The van der Waals surface area contributed by atoms with E-state index < -0.39 is 310 Å². The Kier molecular flexibility index (Phi) is 42.2. The monoisotopic (exact) mass is 2030 g/mol. The Morgan fingerprint density at radius 1 is 0.258 bits per heavy atom. The summed E-state index contributed by atoms with van der Waals surface area (Å²) in [6.45, 7) is -8.29. The molecular formula is C45H83NO61S13. The maximum absolute atomic E-state index is 13.2. The predicted octanol–water partition coefficient (Wildman–Crippen LogP) is -5.20. The molecule has 4 saturated heterocycles. The third kappa shape index (κ3) is 44.9. The van der Waals surface area contributed by atoms with Gasteiger partial charge in [-0.3, -0.25) is 64.0 Å². The number of amides is 1. The van der Waals surface area contributed by atoms with E-state index in [2.05, 4.69) is 66.6 Å². The van der Waals surface area contributed by atoms with Crippen LogP contribution in [0.1, 0.15) is 116 Å². The van der Waals surface area contributed by atoms with E-state index in [0.29, 0.717) is 12.8 Å². The number of unbranched alkanes of at least 4 members (excludes halogenated alkanes) is 14. The van der Waals surface area contributed by atoms with Crippen molar-refractivity contribution in [3.63, 3.8) is 0 Å². The summed E-state index contributed by atoms with van der Waals surface area (Å²) in [6.07, 6.45) is -58.2. The molecule has 4 aliphatic rings. The van der Waals surface area contributed by atoms with Crippen molar-refractivity contribution in [1.29, 1.82) is 0 Å². The van der Waals surface area contributed by atoms with E-state index in [1.54, 1.807) is 0 Å². The van der Waals surface area contributed by atoms with Gasteiger partial charge in [0.25, 0.3) is 0 Å². The zero-order valence-electron chi connectivity index (χ0n) is 60.5. The Morgan fingerprint density at radius 2 is 0.475 bits per heavy atom. The average Bonchev–Trinajstić information content (AvgIpc) is 0.750. The first-order valence-electron chi connectivity index (χ1n) is 33.3. The number of rotatable bonds is 57. The normalized spacial score (nSPS) is 29.0. The van der Waals surface area contributed by atoms with Gasteiger partial charge in [-0.25, -0.2) is 54.4 Å². The van der Waals surface area contributed by atoms with Gasteiger partial charge in [0.1, 0.15) is 79.4 Å². The van der Waals surface area contributed by atoms with Gasteiger partial charge in [0, 0.05) is 13.0 Å². The summed E-state index contributed by atoms with van der Waals surface area (Å²) in [4.78, 5) is 13.0. The fraction of sp³-hybridized carbons (Fsp3) is 0.978. The van der Waals surface area contributed by atoms with Crippen LogP contribution in [0.2, 0.25) is 0 Å². The molecule has 4 heterocycles. The minimum absolute atomic E-state index is 0.100. The molecule has 20 unspecified atom stereocenters. The van der Waals surface area contributed by atoms with Crippen molar-refractivity contribution in [3.8, 4) is 0 Å². The zero-order valence-corrected chi connectivity index (χ0v) is 71.1. The molecular weight excluding hydrogens is 1950 g/mol. The molecule has 4 rings (SSSR count). The fourth-order valence-corrected chi connectivity index (χ4v) is 17.3. The Morgan fingerprint density at radius 3 is 0.742 bits per heavy atom. The molecule has 0 aromatic rings. The van der Waals surface area contributed by atoms with Crippen molar-refractivity contribution in [2.24, 2.45) is 0 Å². The number of hydrogen-bond donors (Lipinski definition) is 14. The van der Waals surface area contributed by atoms with Gasteiger partial charge in [-0.1, -0.05) is 96.8 Å². The molecule has 0 spiro atoms.